The van der Waals surface area contributed by atoms with Crippen molar-refractivity contribution in [2.75, 3.05) is 5.73 Å². The second-order valence-corrected chi connectivity index (χ2v) is 6.70. The molecule has 0 radical (unpaired) electrons. The summed E-state index contributed by atoms with van der Waals surface area (Å²) in [6, 6.07) is 15.2. The Morgan fingerprint density at radius 2 is 1.64 bits per heavy atom. The van der Waals surface area contributed by atoms with E-state index in [1.165, 1.54) is 10.9 Å². The van der Waals surface area contributed by atoms with Crippen LogP contribution in [0, 0.1) is 0 Å². The smallest absolute Gasteiger partial charge is 1.00 e. The average molecular weight is 364 g/mol. The fourth-order valence-electron chi connectivity index (χ4n) is 2.70. The first-order chi connectivity index (χ1) is 11.4. The van der Waals surface area contributed by atoms with Gasteiger partial charge in [-0.25, -0.2) is 0 Å². The minimum absolute atomic E-state index is 0. The number of hydrogen-bond acceptors (Lipinski definition) is 5. The molecule has 25 heavy (non-hydrogen) atoms. The minimum atomic E-state index is -4.39. The number of para-hydroxylation sites is 2. The summed E-state index contributed by atoms with van der Waals surface area (Å²) in [7, 11) is -4.39. The third kappa shape index (κ3) is 3.03. The summed E-state index contributed by atoms with van der Waals surface area (Å²) in [4.78, 5) is 1.17. The second-order valence-electron chi connectivity index (χ2n) is 5.31. The Morgan fingerprint density at radius 1 is 1.00 bits per heavy atom. The van der Waals surface area contributed by atoms with Crippen LogP contribution in [0.5, 0.6) is 0 Å². The monoisotopic (exact) mass is 364 g/mol. The maximum Gasteiger partial charge on any atom is 1.00 e. The summed E-state index contributed by atoms with van der Waals surface area (Å²) in [5.41, 5.74) is 7.92. The molecule has 0 atom stereocenters. The topological polar surface area (TPSA) is 111 Å². The standard InChI is InChI=1S/C16H12N4O3S.Na.H/c17-12-7-3-4-8-14(12)20-18-13-9-15(24(21,22)23)10-5-1-2-6-11(10)16(13)19-20;;/h1-9H,17H2,(H,21,22,23);;/q;+1;-1. The summed E-state index contributed by atoms with van der Waals surface area (Å²) in [6.07, 6.45) is 0. The first kappa shape index (κ1) is 17.8. The molecule has 0 aliphatic heterocycles. The number of nitrogens with two attached hydrogens (primary N) is 1. The van der Waals surface area contributed by atoms with Crippen LogP contribution in [0.15, 0.2) is 59.5 Å². The van der Waals surface area contributed by atoms with Gasteiger partial charge in [0, 0.05) is 10.8 Å². The van der Waals surface area contributed by atoms with Crippen LogP contribution in [0.4, 0.5) is 5.69 Å². The summed E-state index contributed by atoms with van der Waals surface area (Å²) < 4.78 is 32.9. The Bertz CT molecular complexity index is 1210. The molecule has 1 aromatic heterocycles. The Hall–Kier alpha value is -1.97. The van der Waals surface area contributed by atoms with Crippen molar-refractivity contribution < 1.29 is 44.0 Å². The van der Waals surface area contributed by atoms with Crippen molar-refractivity contribution in [3.05, 3.63) is 54.6 Å². The van der Waals surface area contributed by atoms with E-state index >= 15 is 0 Å². The van der Waals surface area contributed by atoms with E-state index in [2.05, 4.69) is 10.2 Å². The maximum absolute atomic E-state index is 11.7. The van der Waals surface area contributed by atoms with E-state index < -0.39 is 10.1 Å². The van der Waals surface area contributed by atoms with Crippen LogP contribution in [0.3, 0.4) is 0 Å². The SMILES string of the molecule is Nc1ccccc1-n1nc2cc(S(=O)(=O)O)c3ccccc3c2n1.[H-].[Na+]. The zero-order valence-corrected chi connectivity index (χ0v) is 16.1. The number of hydrogen-bond donors (Lipinski definition) is 2. The number of fused-ring (bicyclic) bond motifs is 3. The molecule has 4 rings (SSSR count). The first-order valence-electron chi connectivity index (χ1n) is 7.06. The quantitative estimate of drug-likeness (QED) is 0.282. The van der Waals surface area contributed by atoms with E-state index in [0.717, 1.165) is 0 Å². The zero-order valence-electron chi connectivity index (χ0n) is 14.3. The van der Waals surface area contributed by atoms with Crippen LogP contribution in [0.25, 0.3) is 27.5 Å². The largest absolute Gasteiger partial charge is 1.00 e. The first-order valence-corrected chi connectivity index (χ1v) is 8.50. The number of rotatable bonds is 2. The van der Waals surface area contributed by atoms with Crippen molar-refractivity contribution in [1.82, 2.24) is 15.0 Å². The van der Waals surface area contributed by atoms with Crippen LogP contribution in [0.2, 0.25) is 0 Å². The fraction of sp³-hybridized carbons (Fsp3) is 0. The molecule has 0 unspecified atom stereocenters. The number of anilines is 1. The number of benzene rings is 3. The van der Waals surface area contributed by atoms with Crippen molar-refractivity contribution in [3.8, 4) is 5.69 Å². The van der Waals surface area contributed by atoms with E-state index in [4.69, 9.17) is 5.73 Å². The van der Waals surface area contributed by atoms with Gasteiger partial charge < -0.3 is 7.16 Å². The molecule has 3 N–H and O–H groups in total. The van der Waals surface area contributed by atoms with E-state index in [9.17, 15) is 13.0 Å². The van der Waals surface area contributed by atoms with E-state index in [1.54, 1.807) is 48.5 Å². The number of nitrogens with zero attached hydrogens (tertiary/aromatic N) is 3. The molecule has 0 aliphatic carbocycles. The molecule has 7 nitrogen and oxygen atoms in total. The van der Waals surface area contributed by atoms with Crippen molar-refractivity contribution in [1.29, 1.82) is 0 Å². The fourth-order valence-corrected chi connectivity index (χ4v) is 3.42. The maximum atomic E-state index is 11.7. The molecule has 0 bridgehead atoms. The molecular weight excluding hydrogens is 351 g/mol. The molecular formula is C16H13N4NaO3S. The van der Waals surface area contributed by atoms with Gasteiger partial charge in [0.05, 0.1) is 5.69 Å². The van der Waals surface area contributed by atoms with Crippen LogP contribution in [-0.2, 0) is 10.1 Å². The number of aromatic nitrogens is 3. The molecule has 0 spiro atoms. The van der Waals surface area contributed by atoms with Gasteiger partial charge in [0.2, 0.25) is 0 Å². The van der Waals surface area contributed by atoms with Gasteiger partial charge in [0.1, 0.15) is 21.6 Å². The zero-order chi connectivity index (χ0) is 16.9. The molecule has 122 valence electrons. The Balaban J connectivity index is 0.00000121. The third-order valence-corrected chi connectivity index (χ3v) is 4.68. The molecule has 0 amide bonds. The molecule has 0 saturated carbocycles. The van der Waals surface area contributed by atoms with Gasteiger partial charge in [-0.05, 0) is 18.2 Å². The second kappa shape index (κ2) is 6.40. The average Bonchev–Trinajstić information content (AvgIpc) is 2.97. The molecule has 0 saturated heterocycles. The summed E-state index contributed by atoms with van der Waals surface area (Å²) in [5.74, 6) is 0. The van der Waals surface area contributed by atoms with Gasteiger partial charge in [0.15, 0.2) is 0 Å². The van der Waals surface area contributed by atoms with Gasteiger partial charge in [-0.15, -0.1) is 15.0 Å². The van der Waals surface area contributed by atoms with Crippen LogP contribution < -0.4 is 35.3 Å². The van der Waals surface area contributed by atoms with Crippen molar-refractivity contribution in [3.63, 3.8) is 0 Å². The van der Waals surface area contributed by atoms with Crippen molar-refractivity contribution in [2.45, 2.75) is 4.90 Å². The van der Waals surface area contributed by atoms with Crippen molar-refractivity contribution in [2.24, 2.45) is 0 Å². The summed E-state index contributed by atoms with van der Waals surface area (Å²) >= 11 is 0. The van der Waals surface area contributed by atoms with Gasteiger partial charge >= 0.3 is 29.6 Å². The van der Waals surface area contributed by atoms with E-state index in [0.29, 0.717) is 33.2 Å². The van der Waals surface area contributed by atoms with Gasteiger partial charge in [0.25, 0.3) is 10.1 Å². The van der Waals surface area contributed by atoms with Crippen molar-refractivity contribution >= 4 is 37.6 Å². The summed E-state index contributed by atoms with van der Waals surface area (Å²) in [6.45, 7) is 0. The van der Waals surface area contributed by atoms with Crippen LogP contribution in [-0.4, -0.2) is 28.0 Å². The van der Waals surface area contributed by atoms with E-state index in [-0.39, 0.29) is 35.9 Å². The normalized spacial score (nSPS) is 11.6. The molecule has 3 aromatic carbocycles. The van der Waals surface area contributed by atoms with Gasteiger partial charge in [-0.1, -0.05) is 36.4 Å². The molecule has 0 fully saturated rings. The van der Waals surface area contributed by atoms with Gasteiger partial charge in [-0.3, -0.25) is 4.55 Å². The molecule has 4 aromatic rings. The Labute approximate surface area is 167 Å². The third-order valence-electron chi connectivity index (χ3n) is 3.79. The van der Waals surface area contributed by atoms with Crippen LogP contribution in [0.1, 0.15) is 1.43 Å². The van der Waals surface area contributed by atoms with Crippen LogP contribution >= 0.6 is 0 Å². The predicted octanol–water partition coefficient (Wildman–Crippen LogP) is -0.481. The van der Waals surface area contributed by atoms with Gasteiger partial charge in [-0.2, -0.15) is 8.42 Å². The molecule has 1 heterocycles. The van der Waals surface area contributed by atoms with E-state index in [1.807, 2.05) is 0 Å². The summed E-state index contributed by atoms with van der Waals surface area (Å²) in [5, 5.41) is 9.74. The molecule has 0 aliphatic rings. The Morgan fingerprint density at radius 3 is 2.32 bits per heavy atom. The minimum Gasteiger partial charge on any atom is -1.00 e. The predicted molar refractivity (Wildman–Crippen MR) is 91.7 cm³/mol. The molecule has 9 heteroatoms. The number of nitrogen functional groups attached to an aromatic ring is 1. The Kier molecular flexibility index (Phi) is 4.56.